The first-order valence-electron chi connectivity index (χ1n) is 8.90. The fourth-order valence-electron chi connectivity index (χ4n) is 3.56. The van der Waals surface area contributed by atoms with Crippen molar-refractivity contribution in [2.45, 2.75) is 43.9 Å². The number of nitrogens with one attached hydrogen (secondary N) is 2. The second-order valence-corrected chi connectivity index (χ2v) is 6.92. The number of aromatic nitrogens is 2. The van der Waals surface area contributed by atoms with Crippen molar-refractivity contribution in [2.75, 3.05) is 18.4 Å². The van der Waals surface area contributed by atoms with Gasteiger partial charge in [0.25, 0.3) is 0 Å². The third-order valence-electron chi connectivity index (χ3n) is 5.25. The molecule has 2 N–H and O–H groups in total. The number of piperidine rings is 1. The standard InChI is InChI=1S/C18H22N4O3/c23-17(19-15-8-6-13(7-9-15)12-3-1-4-12)22-10-2-5-14(11-22)16-20-21-18(24)25-16/h6-9,12,14H,1-5,10-11H2,(H,19,23)(H,21,24)/t14-/m0/s1. The molecule has 1 aliphatic carbocycles. The predicted molar refractivity (Wildman–Crippen MR) is 92.7 cm³/mol. The van der Waals surface area contributed by atoms with E-state index in [9.17, 15) is 9.59 Å². The number of amides is 2. The number of likely N-dealkylation sites (tertiary alicyclic amines) is 1. The number of rotatable bonds is 3. The number of hydrogen-bond donors (Lipinski definition) is 2. The third kappa shape index (κ3) is 3.45. The summed E-state index contributed by atoms with van der Waals surface area (Å²) >= 11 is 0. The van der Waals surface area contributed by atoms with Crippen molar-refractivity contribution in [3.05, 3.63) is 46.3 Å². The molecule has 1 aromatic heterocycles. The third-order valence-corrected chi connectivity index (χ3v) is 5.25. The second-order valence-electron chi connectivity index (χ2n) is 6.92. The van der Waals surface area contributed by atoms with Crippen LogP contribution in [0, 0.1) is 0 Å². The van der Waals surface area contributed by atoms with Crippen LogP contribution < -0.4 is 11.1 Å². The molecule has 2 aliphatic rings. The first-order valence-corrected chi connectivity index (χ1v) is 8.90. The van der Waals surface area contributed by atoms with Crippen LogP contribution >= 0.6 is 0 Å². The quantitative estimate of drug-likeness (QED) is 0.897. The van der Waals surface area contributed by atoms with Crippen molar-refractivity contribution in [1.29, 1.82) is 0 Å². The summed E-state index contributed by atoms with van der Waals surface area (Å²) in [5.74, 6) is 0.478. The Kier molecular flexibility index (Phi) is 4.29. The molecule has 2 heterocycles. The number of benzene rings is 1. The van der Waals surface area contributed by atoms with Gasteiger partial charge in [-0.05, 0) is 49.3 Å². The summed E-state index contributed by atoms with van der Waals surface area (Å²) in [6.45, 7) is 1.19. The van der Waals surface area contributed by atoms with Crippen LogP contribution in [0.3, 0.4) is 0 Å². The van der Waals surface area contributed by atoms with Crippen molar-refractivity contribution >= 4 is 11.7 Å². The summed E-state index contributed by atoms with van der Waals surface area (Å²) in [5, 5.41) is 9.13. The Morgan fingerprint density at radius 1 is 1.16 bits per heavy atom. The largest absolute Gasteiger partial charge is 0.434 e. The summed E-state index contributed by atoms with van der Waals surface area (Å²) in [6.07, 6.45) is 5.56. The van der Waals surface area contributed by atoms with Crippen molar-refractivity contribution < 1.29 is 9.21 Å². The molecular formula is C18H22N4O3. The number of urea groups is 1. The summed E-state index contributed by atoms with van der Waals surface area (Å²) in [5.41, 5.74) is 2.16. The minimum Gasteiger partial charge on any atom is -0.392 e. The summed E-state index contributed by atoms with van der Waals surface area (Å²) in [7, 11) is 0. The monoisotopic (exact) mass is 342 g/mol. The predicted octanol–water partition coefficient (Wildman–Crippen LogP) is 3.04. The van der Waals surface area contributed by atoms with Crippen LogP contribution in [0.2, 0.25) is 0 Å². The van der Waals surface area contributed by atoms with Gasteiger partial charge in [-0.25, -0.2) is 14.7 Å². The molecule has 7 heteroatoms. The lowest BCUT2D eigenvalue weighted by Gasteiger charge is -2.31. The Hall–Kier alpha value is -2.57. The topological polar surface area (TPSA) is 91.2 Å². The summed E-state index contributed by atoms with van der Waals surface area (Å²) in [4.78, 5) is 25.4. The Morgan fingerprint density at radius 3 is 2.56 bits per heavy atom. The van der Waals surface area contributed by atoms with Gasteiger partial charge >= 0.3 is 11.8 Å². The van der Waals surface area contributed by atoms with E-state index in [2.05, 4.69) is 27.6 Å². The van der Waals surface area contributed by atoms with E-state index in [1.54, 1.807) is 4.90 Å². The maximum atomic E-state index is 12.5. The molecule has 25 heavy (non-hydrogen) atoms. The molecule has 4 rings (SSSR count). The molecule has 0 spiro atoms. The van der Waals surface area contributed by atoms with Crippen molar-refractivity contribution in [3.8, 4) is 0 Å². The average Bonchev–Trinajstić information content (AvgIpc) is 3.02. The molecule has 1 aliphatic heterocycles. The van der Waals surface area contributed by atoms with Crippen LogP contribution in [0.15, 0.2) is 33.5 Å². The number of carbonyl (C=O) groups excluding carboxylic acids is 1. The fourth-order valence-corrected chi connectivity index (χ4v) is 3.56. The number of anilines is 1. The minimum absolute atomic E-state index is 0.0422. The first kappa shape index (κ1) is 15.9. The van der Waals surface area contributed by atoms with Gasteiger partial charge in [0.1, 0.15) is 0 Å². The highest BCUT2D eigenvalue weighted by Crippen LogP contribution is 2.36. The number of aromatic amines is 1. The first-order chi connectivity index (χ1) is 12.2. The maximum Gasteiger partial charge on any atom is 0.434 e. The second kappa shape index (κ2) is 6.74. The van der Waals surface area contributed by atoms with Crippen LogP contribution in [-0.2, 0) is 0 Å². The average molecular weight is 342 g/mol. The molecular weight excluding hydrogens is 320 g/mol. The van der Waals surface area contributed by atoms with Gasteiger partial charge in [-0.2, -0.15) is 0 Å². The lowest BCUT2D eigenvalue weighted by atomic mass is 9.80. The molecule has 2 aromatic rings. The van der Waals surface area contributed by atoms with Crippen molar-refractivity contribution in [3.63, 3.8) is 0 Å². The minimum atomic E-state index is -0.553. The van der Waals surface area contributed by atoms with E-state index in [1.165, 1.54) is 24.8 Å². The molecule has 7 nitrogen and oxygen atoms in total. The highest BCUT2D eigenvalue weighted by molar-refractivity contribution is 5.89. The summed E-state index contributed by atoms with van der Waals surface area (Å²) < 4.78 is 5.04. The van der Waals surface area contributed by atoms with E-state index in [0.29, 0.717) is 24.9 Å². The zero-order chi connectivity index (χ0) is 17.2. The molecule has 1 saturated heterocycles. The van der Waals surface area contributed by atoms with Crippen LogP contribution in [0.1, 0.15) is 55.4 Å². The SMILES string of the molecule is O=C(Nc1ccc(C2CCC2)cc1)N1CCC[C@H](c2n[nH]c(=O)o2)C1. The highest BCUT2D eigenvalue weighted by atomic mass is 16.4. The van der Waals surface area contributed by atoms with Gasteiger partial charge in [0, 0.05) is 18.8 Å². The smallest absolute Gasteiger partial charge is 0.392 e. The fraction of sp³-hybridized carbons (Fsp3) is 0.500. The van der Waals surface area contributed by atoms with Gasteiger partial charge in [0.15, 0.2) is 0 Å². The van der Waals surface area contributed by atoms with Gasteiger partial charge in [0.05, 0.1) is 5.92 Å². The normalized spacial score (nSPS) is 21.0. The summed E-state index contributed by atoms with van der Waals surface area (Å²) in [6, 6.07) is 8.03. The van der Waals surface area contributed by atoms with E-state index in [1.807, 2.05) is 12.1 Å². The van der Waals surface area contributed by atoms with E-state index >= 15 is 0 Å². The Morgan fingerprint density at radius 2 is 1.92 bits per heavy atom. The zero-order valence-electron chi connectivity index (χ0n) is 14.0. The van der Waals surface area contributed by atoms with Gasteiger partial charge in [-0.3, -0.25) is 0 Å². The molecule has 0 unspecified atom stereocenters. The number of nitrogens with zero attached hydrogens (tertiary/aromatic N) is 2. The van der Waals surface area contributed by atoms with E-state index < -0.39 is 5.76 Å². The molecule has 2 amide bonds. The van der Waals surface area contributed by atoms with Crippen LogP contribution in [-0.4, -0.2) is 34.2 Å². The lowest BCUT2D eigenvalue weighted by Crippen LogP contribution is -2.41. The number of hydrogen-bond acceptors (Lipinski definition) is 4. The molecule has 0 radical (unpaired) electrons. The Labute approximate surface area is 145 Å². The molecule has 0 bridgehead atoms. The molecule has 2 fully saturated rings. The molecule has 1 aromatic carbocycles. The highest BCUT2D eigenvalue weighted by Gasteiger charge is 2.28. The number of carbonyl (C=O) groups is 1. The maximum absolute atomic E-state index is 12.5. The molecule has 132 valence electrons. The van der Waals surface area contributed by atoms with Crippen LogP contribution in [0.5, 0.6) is 0 Å². The van der Waals surface area contributed by atoms with Crippen LogP contribution in [0.4, 0.5) is 10.5 Å². The zero-order valence-corrected chi connectivity index (χ0v) is 14.0. The van der Waals surface area contributed by atoms with Gasteiger partial charge < -0.3 is 14.6 Å². The molecule has 1 atom stereocenters. The van der Waals surface area contributed by atoms with E-state index in [4.69, 9.17) is 4.42 Å². The number of H-pyrrole nitrogens is 1. The van der Waals surface area contributed by atoms with Gasteiger partial charge in [0.2, 0.25) is 5.89 Å². The molecule has 1 saturated carbocycles. The Bertz CT molecular complexity index is 791. The van der Waals surface area contributed by atoms with Crippen LogP contribution in [0.25, 0.3) is 0 Å². The lowest BCUT2D eigenvalue weighted by molar-refractivity contribution is 0.186. The van der Waals surface area contributed by atoms with Crippen molar-refractivity contribution in [1.82, 2.24) is 15.1 Å². The Balaban J connectivity index is 1.37. The van der Waals surface area contributed by atoms with Gasteiger partial charge in [-0.1, -0.05) is 18.6 Å². The van der Waals surface area contributed by atoms with Gasteiger partial charge in [-0.15, -0.1) is 5.10 Å². The van der Waals surface area contributed by atoms with E-state index in [0.717, 1.165) is 18.5 Å². The van der Waals surface area contributed by atoms with E-state index in [-0.39, 0.29) is 11.9 Å². The van der Waals surface area contributed by atoms with Crippen molar-refractivity contribution in [2.24, 2.45) is 0 Å².